The average molecular weight is 436 g/mol. The summed E-state index contributed by atoms with van der Waals surface area (Å²) in [5.41, 5.74) is 2.13. The number of nitro groups is 1. The van der Waals surface area contributed by atoms with E-state index in [-0.39, 0.29) is 16.7 Å². The fourth-order valence-corrected chi connectivity index (χ4v) is 4.63. The number of aromatic nitrogens is 1. The third-order valence-electron chi connectivity index (χ3n) is 5.32. The van der Waals surface area contributed by atoms with E-state index in [1.807, 2.05) is 35.7 Å². The molecule has 0 radical (unpaired) electrons. The zero-order valence-electron chi connectivity index (χ0n) is 17.8. The maximum Gasteiger partial charge on any atom is 0.294 e. The number of rotatable bonds is 7. The molecule has 0 saturated carbocycles. The molecule has 2 aromatic heterocycles. The van der Waals surface area contributed by atoms with Crippen LogP contribution in [0.3, 0.4) is 0 Å². The molecule has 2 aromatic carbocycles. The SMILES string of the molecule is CC(C)CCC(C)n1c(-c2cc3ccccc3o2)csc1=Nc1ccccc1[N+](=O)[O-]. The molecule has 6 nitrogen and oxygen atoms in total. The average Bonchev–Trinajstić information content (AvgIpc) is 3.36. The Morgan fingerprint density at radius 1 is 1.10 bits per heavy atom. The first kappa shape index (κ1) is 21.1. The maximum atomic E-state index is 11.5. The van der Waals surface area contributed by atoms with Crippen LogP contribution < -0.4 is 4.80 Å². The van der Waals surface area contributed by atoms with Crippen LogP contribution in [0.4, 0.5) is 11.4 Å². The highest BCUT2D eigenvalue weighted by atomic mass is 32.1. The number of hydrogen-bond donors (Lipinski definition) is 0. The lowest BCUT2D eigenvalue weighted by molar-refractivity contribution is -0.384. The molecule has 160 valence electrons. The zero-order chi connectivity index (χ0) is 22.0. The summed E-state index contributed by atoms with van der Waals surface area (Å²) in [5.74, 6) is 1.37. The minimum absolute atomic E-state index is 0.00238. The maximum absolute atomic E-state index is 11.5. The number of thiazole rings is 1. The highest BCUT2D eigenvalue weighted by molar-refractivity contribution is 7.07. The van der Waals surface area contributed by atoms with Crippen LogP contribution in [0.15, 0.2) is 69.4 Å². The lowest BCUT2D eigenvalue weighted by Crippen LogP contribution is -2.20. The van der Waals surface area contributed by atoms with Gasteiger partial charge in [0.2, 0.25) is 0 Å². The second kappa shape index (κ2) is 8.89. The summed E-state index contributed by atoms with van der Waals surface area (Å²) in [5, 5.41) is 14.5. The normalized spacial score (nSPS) is 13.2. The van der Waals surface area contributed by atoms with Gasteiger partial charge in [0.05, 0.1) is 10.6 Å². The van der Waals surface area contributed by atoms with Gasteiger partial charge in [-0.2, -0.15) is 0 Å². The standard InChI is InChI=1S/C24H25N3O3S/c1-16(2)12-13-17(3)26-21(23-14-18-8-4-7-11-22(18)30-23)15-31-24(26)25-19-9-5-6-10-20(19)27(28)29/h4-11,14-17H,12-13H2,1-3H3. The second-order valence-electron chi connectivity index (χ2n) is 8.10. The lowest BCUT2D eigenvalue weighted by atomic mass is 10.0. The van der Waals surface area contributed by atoms with Gasteiger partial charge in [0.1, 0.15) is 11.3 Å². The van der Waals surface area contributed by atoms with E-state index in [9.17, 15) is 10.1 Å². The van der Waals surface area contributed by atoms with Gasteiger partial charge >= 0.3 is 0 Å². The highest BCUT2D eigenvalue weighted by Crippen LogP contribution is 2.32. The highest BCUT2D eigenvalue weighted by Gasteiger charge is 2.19. The van der Waals surface area contributed by atoms with Crippen LogP contribution in [-0.2, 0) is 0 Å². The van der Waals surface area contributed by atoms with Gasteiger partial charge in [-0.1, -0.05) is 44.2 Å². The molecule has 0 spiro atoms. The number of nitrogens with zero attached hydrogens (tertiary/aromatic N) is 3. The molecule has 0 aliphatic rings. The summed E-state index contributed by atoms with van der Waals surface area (Å²) in [7, 11) is 0. The number of para-hydroxylation sites is 3. The van der Waals surface area contributed by atoms with E-state index in [4.69, 9.17) is 9.41 Å². The Kier molecular flexibility index (Phi) is 6.04. The van der Waals surface area contributed by atoms with Crippen molar-refractivity contribution in [2.75, 3.05) is 0 Å². The predicted molar refractivity (Wildman–Crippen MR) is 125 cm³/mol. The van der Waals surface area contributed by atoms with Crippen LogP contribution in [0.25, 0.3) is 22.4 Å². The Morgan fingerprint density at radius 3 is 2.58 bits per heavy atom. The molecular weight excluding hydrogens is 410 g/mol. The van der Waals surface area contributed by atoms with E-state index in [1.165, 1.54) is 17.4 Å². The molecule has 0 bridgehead atoms. The summed E-state index contributed by atoms with van der Waals surface area (Å²) in [6, 6.07) is 16.7. The molecule has 0 amide bonds. The van der Waals surface area contributed by atoms with E-state index in [2.05, 4.69) is 25.3 Å². The van der Waals surface area contributed by atoms with Gasteiger partial charge in [0.25, 0.3) is 5.69 Å². The topological polar surface area (TPSA) is 73.6 Å². The third kappa shape index (κ3) is 4.46. The Bertz CT molecular complexity index is 1250. The van der Waals surface area contributed by atoms with Gasteiger partial charge in [-0.05, 0) is 43.9 Å². The van der Waals surface area contributed by atoms with Crippen molar-refractivity contribution in [2.24, 2.45) is 10.9 Å². The Hall–Kier alpha value is -3.19. The van der Waals surface area contributed by atoms with E-state index >= 15 is 0 Å². The molecule has 0 fully saturated rings. The first-order chi connectivity index (χ1) is 14.9. The number of benzene rings is 2. The van der Waals surface area contributed by atoms with Crippen molar-refractivity contribution in [3.8, 4) is 11.5 Å². The molecular formula is C24H25N3O3S. The molecule has 1 unspecified atom stereocenters. The van der Waals surface area contributed by atoms with E-state index in [0.717, 1.165) is 40.1 Å². The van der Waals surface area contributed by atoms with Crippen molar-refractivity contribution < 1.29 is 9.34 Å². The molecule has 31 heavy (non-hydrogen) atoms. The van der Waals surface area contributed by atoms with Crippen LogP contribution >= 0.6 is 11.3 Å². The van der Waals surface area contributed by atoms with Crippen LogP contribution in [0.5, 0.6) is 0 Å². The first-order valence-electron chi connectivity index (χ1n) is 10.4. The largest absolute Gasteiger partial charge is 0.454 e. The summed E-state index contributed by atoms with van der Waals surface area (Å²) in [6.07, 6.45) is 2.06. The number of nitro benzene ring substituents is 1. The zero-order valence-corrected chi connectivity index (χ0v) is 18.6. The van der Waals surface area contributed by atoms with Crippen molar-refractivity contribution in [3.63, 3.8) is 0 Å². The fourth-order valence-electron chi connectivity index (χ4n) is 3.64. The van der Waals surface area contributed by atoms with Gasteiger partial charge in [0, 0.05) is 22.9 Å². The molecule has 0 N–H and O–H groups in total. The predicted octanol–water partition coefficient (Wildman–Crippen LogP) is 7.10. The minimum Gasteiger partial charge on any atom is -0.454 e. The fraction of sp³-hybridized carbons (Fsp3) is 0.292. The molecule has 4 aromatic rings. The molecule has 1 atom stereocenters. The number of furan rings is 1. The summed E-state index contributed by atoms with van der Waals surface area (Å²) in [6.45, 7) is 6.59. The molecule has 0 saturated heterocycles. The Balaban J connectivity index is 1.87. The molecule has 7 heteroatoms. The van der Waals surface area contributed by atoms with E-state index in [1.54, 1.807) is 18.2 Å². The number of fused-ring (bicyclic) bond motifs is 1. The van der Waals surface area contributed by atoms with Crippen molar-refractivity contribution in [1.29, 1.82) is 0 Å². The van der Waals surface area contributed by atoms with Gasteiger partial charge in [-0.25, -0.2) is 4.99 Å². The quantitative estimate of drug-likeness (QED) is 0.229. The van der Waals surface area contributed by atoms with Crippen molar-refractivity contribution >= 4 is 33.7 Å². The van der Waals surface area contributed by atoms with E-state index in [0.29, 0.717) is 11.6 Å². The lowest BCUT2D eigenvalue weighted by Gasteiger charge is -2.17. The second-order valence-corrected chi connectivity index (χ2v) is 8.94. The summed E-state index contributed by atoms with van der Waals surface area (Å²) in [4.78, 5) is 16.5. The molecule has 0 aliphatic heterocycles. The van der Waals surface area contributed by atoms with Gasteiger partial charge < -0.3 is 8.98 Å². The molecule has 2 heterocycles. The van der Waals surface area contributed by atoms with E-state index < -0.39 is 0 Å². The molecule has 0 aliphatic carbocycles. The van der Waals surface area contributed by atoms with Crippen LogP contribution in [0.1, 0.15) is 39.7 Å². The van der Waals surface area contributed by atoms with Gasteiger partial charge in [0.15, 0.2) is 10.6 Å². The molecule has 4 rings (SSSR count). The third-order valence-corrected chi connectivity index (χ3v) is 6.16. The number of hydrogen-bond acceptors (Lipinski definition) is 5. The first-order valence-corrected chi connectivity index (χ1v) is 11.3. The van der Waals surface area contributed by atoms with Crippen LogP contribution in [0.2, 0.25) is 0 Å². The van der Waals surface area contributed by atoms with Crippen molar-refractivity contribution in [2.45, 2.75) is 39.7 Å². The van der Waals surface area contributed by atoms with Crippen LogP contribution in [-0.4, -0.2) is 9.49 Å². The van der Waals surface area contributed by atoms with Gasteiger partial charge in [-0.15, -0.1) is 11.3 Å². The van der Waals surface area contributed by atoms with Gasteiger partial charge in [-0.3, -0.25) is 10.1 Å². The summed E-state index contributed by atoms with van der Waals surface area (Å²) >= 11 is 1.47. The monoisotopic (exact) mass is 435 g/mol. The summed E-state index contributed by atoms with van der Waals surface area (Å²) < 4.78 is 8.29. The Morgan fingerprint density at radius 2 is 1.84 bits per heavy atom. The minimum atomic E-state index is -0.390. The van der Waals surface area contributed by atoms with Crippen LogP contribution in [0, 0.1) is 16.0 Å². The Labute approximate surface area is 184 Å². The van der Waals surface area contributed by atoms with Crippen molar-refractivity contribution in [3.05, 3.63) is 74.9 Å². The smallest absolute Gasteiger partial charge is 0.294 e. The van der Waals surface area contributed by atoms with Crippen molar-refractivity contribution in [1.82, 2.24) is 4.57 Å².